The van der Waals surface area contributed by atoms with Crippen LogP contribution < -0.4 is 4.74 Å². The summed E-state index contributed by atoms with van der Waals surface area (Å²) in [4.78, 5) is 16.9. The van der Waals surface area contributed by atoms with E-state index in [0.717, 1.165) is 33.3 Å². The Hall–Kier alpha value is -1.68. The number of rotatable bonds is 5. The smallest absolute Gasteiger partial charge is 0.171 e. The minimum absolute atomic E-state index is 0.0816. The van der Waals surface area contributed by atoms with E-state index in [4.69, 9.17) is 4.74 Å². The first-order valence-electron chi connectivity index (χ1n) is 7.12. The molecule has 1 aromatic carbocycles. The molecule has 0 fully saturated rings. The molecule has 0 aliphatic rings. The van der Waals surface area contributed by atoms with Crippen LogP contribution in [-0.2, 0) is 13.0 Å². The van der Waals surface area contributed by atoms with Gasteiger partial charge < -0.3 is 4.74 Å². The molecule has 4 heteroatoms. The van der Waals surface area contributed by atoms with Crippen LogP contribution in [-0.4, -0.2) is 10.8 Å². The number of benzene rings is 1. The Labute approximate surface area is 130 Å². The molecular weight excluding hydrogens is 282 g/mol. The lowest BCUT2D eigenvalue weighted by atomic mass is 10.1. The highest BCUT2D eigenvalue weighted by atomic mass is 32.1. The summed E-state index contributed by atoms with van der Waals surface area (Å²) in [6.07, 6.45) is 0.772. The lowest BCUT2D eigenvalue weighted by Crippen LogP contribution is -1.99. The monoisotopic (exact) mass is 303 g/mol. The Bertz CT molecular complexity index is 674. The van der Waals surface area contributed by atoms with Crippen molar-refractivity contribution in [2.24, 2.45) is 0 Å². The molecule has 1 heterocycles. The van der Waals surface area contributed by atoms with Crippen molar-refractivity contribution in [3.8, 4) is 5.75 Å². The topological polar surface area (TPSA) is 39.2 Å². The highest BCUT2D eigenvalue weighted by Gasteiger charge is 2.14. The van der Waals surface area contributed by atoms with Gasteiger partial charge in [0, 0.05) is 6.92 Å². The van der Waals surface area contributed by atoms with E-state index in [0.29, 0.717) is 6.61 Å². The predicted octanol–water partition coefficient (Wildman–Crippen LogP) is 4.41. The number of thiazole rings is 1. The molecule has 2 aromatic rings. The Kier molecular flexibility index (Phi) is 4.78. The number of hydrogen-bond acceptors (Lipinski definition) is 4. The van der Waals surface area contributed by atoms with E-state index in [1.165, 1.54) is 22.5 Å². The Morgan fingerprint density at radius 3 is 2.57 bits per heavy atom. The van der Waals surface area contributed by atoms with Gasteiger partial charge in [0.2, 0.25) is 0 Å². The molecule has 2 rings (SSSR count). The first-order chi connectivity index (χ1) is 9.92. The average molecular weight is 303 g/mol. The fraction of sp³-hybridized carbons (Fsp3) is 0.412. The summed E-state index contributed by atoms with van der Waals surface area (Å²) >= 11 is 1.44. The quantitative estimate of drug-likeness (QED) is 0.768. The summed E-state index contributed by atoms with van der Waals surface area (Å²) in [5.74, 6) is 0.975. The third-order valence-electron chi connectivity index (χ3n) is 3.51. The SMILES string of the molecule is CCc1nc(COc2cc(C)cc(C)c2C)sc1C(C)=O. The summed E-state index contributed by atoms with van der Waals surface area (Å²) in [5, 5.41) is 0.857. The number of ketones is 1. The molecule has 0 radical (unpaired) electrons. The molecule has 0 aliphatic carbocycles. The molecule has 0 aliphatic heterocycles. The van der Waals surface area contributed by atoms with Gasteiger partial charge in [0.25, 0.3) is 0 Å². The van der Waals surface area contributed by atoms with Gasteiger partial charge in [-0.2, -0.15) is 0 Å². The normalized spacial score (nSPS) is 10.7. The molecule has 0 saturated heterocycles. The highest BCUT2D eigenvalue weighted by Crippen LogP contribution is 2.26. The van der Waals surface area contributed by atoms with Gasteiger partial charge in [-0.15, -0.1) is 11.3 Å². The third kappa shape index (κ3) is 3.50. The van der Waals surface area contributed by atoms with Crippen LogP contribution in [0.3, 0.4) is 0 Å². The van der Waals surface area contributed by atoms with Crippen molar-refractivity contribution >= 4 is 17.1 Å². The Morgan fingerprint density at radius 2 is 2.00 bits per heavy atom. The number of hydrogen-bond donors (Lipinski definition) is 0. The van der Waals surface area contributed by atoms with Crippen molar-refractivity contribution < 1.29 is 9.53 Å². The number of carbonyl (C=O) groups is 1. The number of nitrogens with zero attached hydrogens (tertiary/aromatic N) is 1. The molecule has 0 bridgehead atoms. The van der Waals surface area contributed by atoms with E-state index in [1.54, 1.807) is 6.92 Å². The molecule has 112 valence electrons. The predicted molar refractivity (Wildman–Crippen MR) is 86.5 cm³/mol. The van der Waals surface area contributed by atoms with Crippen molar-refractivity contribution in [1.82, 2.24) is 4.98 Å². The number of carbonyl (C=O) groups excluding carboxylic acids is 1. The largest absolute Gasteiger partial charge is 0.486 e. The van der Waals surface area contributed by atoms with Crippen LogP contribution in [0.5, 0.6) is 5.75 Å². The molecule has 1 aromatic heterocycles. The van der Waals surface area contributed by atoms with E-state index in [2.05, 4.69) is 31.8 Å². The zero-order valence-corrected chi connectivity index (χ0v) is 14.1. The van der Waals surface area contributed by atoms with Gasteiger partial charge in [0.15, 0.2) is 5.78 Å². The van der Waals surface area contributed by atoms with Crippen LogP contribution in [0.2, 0.25) is 0 Å². The van der Waals surface area contributed by atoms with Crippen LogP contribution in [0.25, 0.3) is 0 Å². The summed E-state index contributed by atoms with van der Waals surface area (Å²) in [7, 11) is 0. The van der Waals surface area contributed by atoms with E-state index < -0.39 is 0 Å². The molecule has 0 spiro atoms. The molecule has 0 N–H and O–H groups in total. The fourth-order valence-corrected chi connectivity index (χ4v) is 3.23. The van der Waals surface area contributed by atoms with Gasteiger partial charge in [-0.1, -0.05) is 13.0 Å². The number of aryl methyl sites for hydroxylation is 3. The van der Waals surface area contributed by atoms with Crippen molar-refractivity contribution in [3.05, 3.63) is 44.4 Å². The molecule has 21 heavy (non-hydrogen) atoms. The summed E-state index contributed by atoms with van der Waals surface area (Å²) < 4.78 is 5.91. The van der Waals surface area contributed by atoms with Crippen molar-refractivity contribution in [1.29, 1.82) is 0 Å². The molecule has 0 amide bonds. The fourth-order valence-electron chi connectivity index (χ4n) is 2.27. The maximum atomic E-state index is 11.6. The molecule has 0 atom stereocenters. The van der Waals surface area contributed by atoms with Crippen molar-refractivity contribution in [2.75, 3.05) is 0 Å². The van der Waals surface area contributed by atoms with E-state index in [9.17, 15) is 4.79 Å². The van der Waals surface area contributed by atoms with Crippen LogP contribution in [0.4, 0.5) is 0 Å². The number of ether oxygens (including phenoxy) is 1. The zero-order chi connectivity index (χ0) is 15.6. The van der Waals surface area contributed by atoms with Gasteiger partial charge in [0.05, 0.1) is 10.6 Å². The lowest BCUT2D eigenvalue weighted by molar-refractivity contribution is 0.102. The van der Waals surface area contributed by atoms with Crippen molar-refractivity contribution in [3.63, 3.8) is 0 Å². The van der Waals surface area contributed by atoms with Gasteiger partial charge >= 0.3 is 0 Å². The number of Topliss-reactive ketones (excluding diaryl/α,β-unsaturated/α-hetero) is 1. The standard InChI is InChI=1S/C17H21NO2S/c1-6-14-17(13(5)19)21-16(18-14)9-20-15-8-10(2)7-11(3)12(15)4/h7-8H,6,9H2,1-5H3. The maximum absolute atomic E-state index is 11.6. The zero-order valence-electron chi connectivity index (χ0n) is 13.2. The molecular formula is C17H21NO2S. The second-order valence-electron chi connectivity index (χ2n) is 5.29. The van der Waals surface area contributed by atoms with Crippen LogP contribution in [0.15, 0.2) is 12.1 Å². The van der Waals surface area contributed by atoms with E-state index >= 15 is 0 Å². The maximum Gasteiger partial charge on any atom is 0.171 e. The first-order valence-corrected chi connectivity index (χ1v) is 7.94. The first kappa shape index (κ1) is 15.7. The summed E-state index contributed by atoms with van der Waals surface area (Å²) in [6.45, 7) is 10.2. The lowest BCUT2D eigenvalue weighted by Gasteiger charge is -2.11. The van der Waals surface area contributed by atoms with Gasteiger partial charge in [-0.05, 0) is 49.9 Å². The second-order valence-corrected chi connectivity index (χ2v) is 6.37. The summed E-state index contributed by atoms with van der Waals surface area (Å²) in [5.41, 5.74) is 4.44. The van der Waals surface area contributed by atoms with Gasteiger partial charge in [-0.3, -0.25) is 4.79 Å². The highest BCUT2D eigenvalue weighted by molar-refractivity contribution is 7.13. The van der Waals surface area contributed by atoms with Crippen LogP contribution in [0, 0.1) is 20.8 Å². The molecule has 0 unspecified atom stereocenters. The molecule has 0 saturated carbocycles. The number of aromatic nitrogens is 1. The Morgan fingerprint density at radius 1 is 1.29 bits per heavy atom. The van der Waals surface area contributed by atoms with Crippen molar-refractivity contribution in [2.45, 2.75) is 47.6 Å². The van der Waals surface area contributed by atoms with Gasteiger partial charge in [-0.25, -0.2) is 4.98 Å². The van der Waals surface area contributed by atoms with Crippen LogP contribution >= 0.6 is 11.3 Å². The summed E-state index contributed by atoms with van der Waals surface area (Å²) in [6, 6.07) is 4.19. The second kappa shape index (κ2) is 6.39. The van der Waals surface area contributed by atoms with Crippen LogP contribution in [0.1, 0.15) is 50.9 Å². The average Bonchev–Trinajstić information content (AvgIpc) is 2.84. The minimum atomic E-state index is 0.0816. The molecule has 3 nitrogen and oxygen atoms in total. The third-order valence-corrected chi connectivity index (χ3v) is 4.68. The minimum Gasteiger partial charge on any atom is -0.486 e. The Balaban J connectivity index is 2.19. The van der Waals surface area contributed by atoms with Gasteiger partial charge in [0.1, 0.15) is 17.4 Å². The van der Waals surface area contributed by atoms with E-state index in [1.807, 2.05) is 13.0 Å². The van der Waals surface area contributed by atoms with E-state index in [-0.39, 0.29) is 5.78 Å².